The number of carboxylic acids is 1. The van der Waals surface area contributed by atoms with Gasteiger partial charge in [0.2, 0.25) is 0 Å². The number of imidazole rings is 2. The zero-order chi connectivity index (χ0) is 74.4. The minimum atomic E-state index is -2.03. The molecule has 10 atom stereocenters. The Hall–Kier alpha value is -7.63. The lowest BCUT2D eigenvalue weighted by atomic mass is 9.99. The molecule has 6 aromatic rings. The van der Waals surface area contributed by atoms with Crippen LogP contribution in [0.3, 0.4) is 0 Å². The third-order valence-electron chi connectivity index (χ3n) is 18.1. The van der Waals surface area contributed by atoms with E-state index in [-0.39, 0.29) is 53.4 Å². The number of aromatic nitrogens is 4. The predicted molar refractivity (Wildman–Crippen MR) is 394 cm³/mol. The number of methoxy groups -OCH3 is 2. The number of fused-ring (bicyclic) bond motifs is 2. The minimum absolute atomic E-state index is 0.0167. The van der Waals surface area contributed by atoms with Crippen LogP contribution in [0, 0.1) is 11.8 Å². The lowest BCUT2D eigenvalue weighted by Gasteiger charge is -2.39. The number of carbonyl (C=O) groups excluding carboxylic acids is 3. The number of hydrogen-bond donors (Lipinski definition) is 2. The SMILES string of the molecule is COCOc1cc2c(ncn2C)c(/C=C/C[C@@H]2OC(C)(C)O[C@@H]2C(/C=C\[C@@H](C)[C@H](C)O)OC(=O)c2ccccc2)c1C(=O)O.COCOc1cc2c(ncn2C)c(/C=C/C[C@@H]2OC(C)(C)O[C@@H]2C(/C=C\[C@@H](C)[C@H](C)O[Si](C)(C)C(C)(C)C)OC(=O)c2ccccc2)c1C(=O)OCC[Si](C)(C)C. The summed E-state index contributed by atoms with van der Waals surface area (Å²) in [6.45, 7) is 33.0. The van der Waals surface area contributed by atoms with Crippen molar-refractivity contribution in [2.24, 2.45) is 25.9 Å². The average Bonchev–Trinajstić information content (AvgIpc) is 1.76. The van der Waals surface area contributed by atoms with Crippen LogP contribution in [0.25, 0.3) is 34.2 Å². The molecule has 2 aliphatic heterocycles. The number of rotatable bonds is 31. The van der Waals surface area contributed by atoms with Gasteiger partial charge in [0.1, 0.15) is 47.0 Å². The Balaban J connectivity index is 0.000000293. The second-order valence-electron chi connectivity index (χ2n) is 29.5. The van der Waals surface area contributed by atoms with Crippen molar-refractivity contribution in [1.82, 2.24) is 19.1 Å². The number of nitrogens with zero attached hydrogens (tertiary/aromatic N) is 4. The van der Waals surface area contributed by atoms with Crippen molar-refractivity contribution in [1.29, 1.82) is 0 Å². The number of esters is 3. The van der Waals surface area contributed by atoms with Crippen molar-refractivity contribution < 1.29 is 85.9 Å². The minimum Gasteiger partial charge on any atom is -0.478 e. The highest BCUT2D eigenvalue weighted by molar-refractivity contribution is 6.76. The van der Waals surface area contributed by atoms with Crippen molar-refractivity contribution in [2.45, 2.75) is 193 Å². The monoisotopic (exact) mass is 1430 g/mol. The molecule has 0 spiro atoms. The van der Waals surface area contributed by atoms with E-state index in [0.29, 0.717) is 64.0 Å². The number of aromatic carboxylic acids is 1. The molecule has 2 aliphatic rings. The van der Waals surface area contributed by atoms with Crippen molar-refractivity contribution in [2.75, 3.05) is 34.4 Å². The average molecular weight is 1430 g/mol. The van der Waals surface area contributed by atoms with Gasteiger partial charge in [0.25, 0.3) is 0 Å². The highest BCUT2D eigenvalue weighted by Crippen LogP contribution is 2.41. The number of hydrogen-bond acceptors (Lipinski definition) is 19. The number of carboxylic acid groups (broad SMARTS) is 1. The Morgan fingerprint density at radius 2 is 1.05 bits per heavy atom. The van der Waals surface area contributed by atoms with E-state index in [9.17, 15) is 29.4 Å². The summed E-state index contributed by atoms with van der Waals surface area (Å²) >= 11 is 0. The molecule has 550 valence electrons. The van der Waals surface area contributed by atoms with E-state index in [1.165, 1.54) is 14.2 Å². The summed E-state index contributed by atoms with van der Waals surface area (Å²) in [6.07, 6.45) is 13.9. The van der Waals surface area contributed by atoms with E-state index < -0.39 is 94.6 Å². The Kier molecular flexibility index (Phi) is 28.0. The Morgan fingerprint density at radius 1 is 0.624 bits per heavy atom. The van der Waals surface area contributed by atoms with E-state index in [0.717, 1.165) is 11.6 Å². The third kappa shape index (κ3) is 22.0. The molecule has 2 unspecified atom stereocenters. The Bertz CT molecular complexity index is 3880. The maximum absolute atomic E-state index is 13.8. The molecule has 0 radical (unpaired) electrons. The van der Waals surface area contributed by atoms with Crippen molar-refractivity contribution in [3.05, 3.63) is 155 Å². The lowest BCUT2D eigenvalue weighted by molar-refractivity contribution is -0.153. The fourth-order valence-electron chi connectivity index (χ4n) is 11.2. The van der Waals surface area contributed by atoms with Gasteiger partial charge in [0.05, 0.1) is 70.8 Å². The first-order valence-corrected chi connectivity index (χ1v) is 41.0. The molecule has 0 bridgehead atoms. The van der Waals surface area contributed by atoms with Crippen LogP contribution >= 0.6 is 0 Å². The topological polar surface area (TPSA) is 255 Å². The summed E-state index contributed by atoms with van der Waals surface area (Å²) in [7, 11) is 3.18. The maximum Gasteiger partial charge on any atom is 0.342 e. The van der Waals surface area contributed by atoms with Gasteiger partial charge in [0, 0.05) is 65.8 Å². The molecule has 2 fully saturated rings. The van der Waals surface area contributed by atoms with Crippen LogP contribution in [0.4, 0.5) is 0 Å². The van der Waals surface area contributed by atoms with Gasteiger partial charge in [-0.25, -0.2) is 29.1 Å². The molecule has 4 heterocycles. The number of aryl methyl sites for hydroxylation is 2. The maximum atomic E-state index is 13.8. The molecule has 0 aliphatic carbocycles. The van der Waals surface area contributed by atoms with Crippen LogP contribution in [-0.4, -0.2) is 164 Å². The van der Waals surface area contributed by atoms with Crippen LogP contribution in [-0.2, 0) is 61.2 Å². The van der Waals surface area contributed by atoms with Crippen molar-refractivity contribution >= 4 is 74.5 Å². The molecule has 8 rings (SSSR count). The predicted octanol–water partition coefficient (Wildman–Crippen LogP) is 14.8. The van der Waals surface area contributed by atoms with Gasteiger partial charge in [-0.2, -0.15) is 0 Å². The van der Waals surface area contributed by atoms with Gasteiger partial charge in [0.15, 0.2) is 33.5 Å². The first-order chi connectivity index (χ1) is 47.4. The molecule has 2 saturated heterocycles. The van der Waals surface area contributed by atoms with Gasteiger partial charge < -0.3 is 75.9 Å². The second-order valence-corrected chi connectivity index (χ2v) is 39.8. The summed E-state index contributed by atoms with van der Waals surface area (Å²) in [5.74, 6) is -4.31. The normalized spacial score (nSPS) is 19.7. The zero-order valence-corrected chi connectivity index (χ0v) is 64.4. The number of ether oxygens (including phenoxy) is 11. The summed E-state index contributed by atoms with van der Waals surface area (Å²) in [4.78, 5) is 62.0. The van der Waals surface area contributed by atoms with Gasteiger partial charge in [-0.3, -0.25) is 0 Å². The van der Waals surface area contributed by atoms with E-state index in [1.54, 1.807) is 123 Å². The summed E-state index contributed by atoms with van der Waals surface area (Å²) in [6, 6.07) is 21.8. The van der Waals surface area contributed by atoms with Crippen molar-refractivity contribution in [3.8, 4) is 11.5 Å². The summed E-state index contributed by atoms with van der Waals surface area (Å²) < 4.78 is 75.7. The fourth-order valence-corrected chi connectivity index (χ4v) is 13.4. The smallest absolute Gasteiger partial charge is 0.342 e. The summed E-state index contributed by atoms with van der Waals surface area (Å²) in [5, 5.41) is 20.2. The van der Waals surface area contributed by atoms with Crippen LogP contribution < -0.4 is 9.47 Å². The second kappa shape index (κ2) is 35.0. The molecule has 22 nitrogen and oxygen atoms in total. The molecular weight excluding hydrogens is 1330 g/mol. The van der Waals surface area contributed by atoms with Crippen LogP contribution in [0.5, 0.6) is 11.5 Å². The highest BCUT2D eigenvalue weighted by atomic mass is 28.4. The molecule has 101 heavy (non-hydrogen) atoms. The Morgan fingerprint density at radius 3 is 1.46 bits per heavy atom. The molecule has 4 aromatic carbocycles. The Labute approximate surface area is 597 Å². The molecule has 0 amide bonds. The molecule has 0 saturated carbocycles. The molecule has 2 aromatic heterocycles. The number of aliphatic hydroxyl groups is 1. The zero-order valence-electron chi connectivity index (χ0n) is 62.4. The largest absolute Gasteiger partial charge is 0.478 e. The number of aliphatic hydroxyl groups excluding tert-OH is 1. The fraction of sp³-hybridized carbons (Fsp3) is 0.506. The summed E-state index contributed by atoms with van der Waals surface area (Å²) in [5.41, 5.74) is 4.56. The number of benzene rings is 4. The lowest BCUT2D eigenvalue weighted by Crippen LogP contribution is -2.44. The van der Waals surface area contributed by atoms with E-state index in [4.69, 9.17) is 56.5 Å². The highest BCUT2D eigenvalue weighted by Gasteiger charge is 2.47. The van der Waals surface area contributed by atoms with E-state index >= 15 is 0 Å². The quantitative estimate of drug-likeness (QED) is 0.0135. The first-order valence-electron chi connectivity index (χ1n) is 34.3. The standard InChI is InChI=1S/C44H66N2O9Si2.C33H40N2O9/c1-30(31(2)55-57(13,14)43(3,4)5)23-24-35(52-41(47)32-19-16-15-17-20-32)40-36(53-44(6,7)54-40)22-18-21-33-38(42(48)50-25-26-56(10,11)12)37(51-29-49-9)27-34-39(33)45-28-46(34)8;1-20(21(2)36)15-16-25(42-32(39)22-11-8-7-9-12-22)30-26(43-33(3,4)44-30)14-10-13-23-28(31(37)38)27(41-19-40-6)17-24-29(23)34-18-35(24)5/h15-21,23-24,27-28,30-31,35-36,40H,22,25-26,29H2,1-14H3;7-13,15-18,20-21,25-26,30,36H,14,19H2,1-6H3,(H,37,38)/b21-18+,24-23-;13-10+,16-15-/t30-,31+,35?,36+,40-;20-,21+,25?,26+,30-/m11/s1. The van der Waals surface area contributed by atoms with E-state index in [1.807, 2.05) is 75.9 Å². The van der Waals surface area contributed by atoms with Crippen LogP contribution in [0.15, 0.2) is 122 Å². The van der Waals surface area contributed by atoms with Gasteiger partial charge in [-0.05, 0) is 127 Å². The molecule has 24 heteroatoms. The number of carbonyl (C=O) groups is 4. The third-order valence-corrected chi connectivity index (χ3v) is 24.4. The van der Waals surface area contributed by atoms with Gasteiger partial charge >= 0.3 is 23.9 Å². The molecular formula is C77H106N4O18Si2. The van der Waals surface area contributed by atoms with Crippen LogP contribution in [0.1, 0.15) is 142 Å². The van der Waals surface area contributed by atoms with Crippen molar-refractivity contribution in [3.63, 3.8) is 0 Å². The molecule has 2 N–H and O–H groups in total. The first kappa shape index (κ1) is 80.7. The van der Waals surface area contributed by atoms with Crippen LogP contribution in [0.2, 0.25) is 43.8 Å². The van der Waals surface area contributed by atoms with E-state index in [2.05, 4.69) is 77.3 Å². The van der Waals surface area contributed by atoms with Gasteiger partial charge in [-0.1, -0.05) is 127 Å². The van der Waals surface area contributed by atoms with Gasteiger partial charge in [-0.15, -0.1) is 0 Å².